The summed E-state index contributed by atoms with van der Waals surface area (Å²) in [4.78, 5) is 42.6. The molecule has 0 bridgehead atoms. The maximum atomic E-state index is 14.7. The number of likely N-dealkylation sites (tertiary alicyclic amines) is 1. The molecule has 1 amide bonds. The van der Waals surface area contributed by atoms with Gasteiger partial charge in [-0.05, 0) is 51.3 Å². The number of methoxy groups -OCH3 is 1. The van der Waals surface area contributed by atoms with E-state index in [2.05, 4.69) is 25.2 Å². The molecular formula is C30H36F2N6O5S. The van der Waals surface area contributed by atoms with Gasteiger partial charge < -0.3 is 19.5 Å². The zero-order valence-electron chi connectivity index (χ0n) is 24.7. The SMILES string of the molecule is CCOCC1CCCCN1Cc1sc(NC(=O)c2cnc(N3CCC(C(=O)O)CC3)cn2)nc1-c1cc(F)c(OC)c(F)c1. The van der Waals surface area contributed by atoms with E-state index in [1.807, 2.05) is 11.8 Å². The maximum absolute atomic E-state index is 14.7. The highest BCUT2D eigenvalue weighted by Crippen LogP contribution is 2.36. The largest absolute Gasteiger partial charge is 0.491 e. The molecular weight excluding hydrogens is 594 g/mol. The van der Waals surface area contributed by atoms with Crippen LogP contribution >= 0.6 is 11.3 Å². The summed E-state index contributed by atoms with van der Waals surface area (Å²) >= 11 is 1.24. The fourth-order valence-electron chi connectivity index (χ4n) is 5.64. The number of carboxylic acids is 1. The molecule has 2 fully saturated rings. The summed E-state index contributed by atoms with van der Waals surface area (Å²) in [6.07, 6.45) is 6.99. The predicted octanol–water partition coefficient (Wildman–Crippen LogP) is 4.83. The molecule has 1 atom stereocenters. The lowest BCUT2D eigenvalue weighted by molar-refractivity contribution is -0.142. The number of aromatic nitrogens is 3. The number of amides is 1. The number of piperidine rings is 2. The molecule has 0 radical (unpaired) electrons. The van der Waals surface area contributed by atoms with Crippen LogP contribution in [-0.4, -0.2) is 82.8 Å². The van der Waals surface area contributed by atoms with Crippen LogP contribution in [0.15, 0.2) is 24.5 Å². The van der Waals surface area contributed by atoms with E-state index in [0.29, 0.717) is 57.2 Å². The third-order valence-corrected chi connectivity index (χ3v) is 9.00. The van der Waals surface area contributed by atoms with Gasteiger partial charge in [-0.25, -0.2) is 23.7 Å². The van der Waals surface area contributed by atoms with Gasteiger partial charge in [0, 0.05) is 42.7 Å². The van der Waals surface area contributed by atoms with Gasteiger partial charge in [0.2, 0.25) is 0 Å². The van der Waals surface area contributed by atoms with E-state index in [-0.39, 0.29) is 28.3 Å². The summed E-state index contributed by atoms with van der Waals surface area (Å²) in [5, 5.41) is 12.3. The first-order chi connectivity index (χ1) is 21.3. The van der Waals surface area contributed by atoms with E-state index in [0.717, 1.165) is 30.7 Å². The summed E-state index contributed by atoms with van der Waals surface area (Å²) in [7, 11) is 1.20. The molecule has 2 N–H and O–H groups in total. The molecule has 2 aliphatic rings. The third-order valence-electron chi connectivity index (χ3n) is 8.04. The highest BCUT2D eigenvalue weighted by molar-refractivity contribution is 7.16. The summed E-state index contributed by atoms with van der Waals surface area (Å²) in [5.74, 6) is -3.28. The number of ether oxygens (including phenoxy) is 2. The Morgan fingerprint density at radius 1 is 1.09 bits per heavy atom. The van der Waals surface area contributed by atoms with Gasteiger partial charge in [-0.3, -0.25) is 19.8 Å². The van der Waals surface area contributed by atoms with Crippen molar-refractivity contribution in [3.8, 4) is 17.0 Å². The summed E-state index contributed by atoms with van der Waals surface area (Å²) in [5.41, 5.74) is 0.682. The number of aliphatic carboxylic acids is 1. The standard InChI is InChI=1S/C30H36F2N6O5S/c1-3-43-17-20-6-4-5-9-38(20)16-24-26(19-12-21(31)27(42-2)22(32)13-19)35-30(44-24)36-28(39)23-14-34-25(15-33-23)37-10-7-18(8-11-37)29(40)41/h12-15,18,20H,3-11,16-17H2,1-2H3,(H,40,41)(H,35,36,39). The average molecular weight is 631 g/mol. The van der Waals surface area contributed by atoms with Gasteiger partial charge in [0.05, 0.1) is 37.7 Å². The lowest BCUT2D eigenvalue weighted by atomic mass is 9.97. The van der Waals surface area contributed by atoms with Crippen molar-refractivity contribution in [2.75, 3.05) is 50.2 Å². The van der Waals surface area contributed by atoms with Crippen LogP contribution in [0.1, 0.15) is 54.4 Å². The first-order valence-corrected chi connectivity index (χ1v) is 15.5. The van der Waals surface area contributed by atoms with E-state index in [1.165, 1.54) is 43.0 Å². The normalized spacial score (nSPS) is 17.9. The number of anilines is 2. The maximum Gasteiger partial charge on any atom is 0.306 e. The molecule has 1 aromatic carbocycles. The Bertz CT molecular complexity index is 1440. The summed E-state index contributed by atoms with van der Waals surface area (Å²) < 4.78 is 40.0. The molecule has 5 rings (SSSR count). The quantitative estimate of drug-likeness (QED) is 0.304. The predicted molar refractivity (Wildman–Crippen MR) is 161 cm³/mol. The van der Waals surface area contributed by atoms with Gasteiger partial charge in [-0.1, -0.05) is 17.8 Å². The highest BCUT2D eigenvalue weighted by atomic mass is 32.1. The molecule has 2 saturated heterocycles. The monoisotopic (exact) mass is 630 g/mol. The molecule has 0 aliphatic carbocycles. The minimum Gasteiger partial charge on any atom is -0.491 e. The zero-order valence-corrected chi connectivity index (χ0v) is 25.5. The zero-order chi connectivity index (χ0) is 31.2. The summed E-state index contributed by atoms with van der Waals surface area (Å²) in [6.45, 7) is 5.56. The molecule has 1 unspecified atom stereocenters. The molecule has 2 aliphatic heterocycles. The van der Waals surface area contributed by atoms with Crippen molar-refractivity contribution < 1.29 is 33.0 Å². The lowest BCUT2D eigenvalue weighted by Gasteiger charge is -2.35. The Morgan fingerprint density at radius 3 is 2.48 bits per heavy atom. The molecule has 236 valence electrons. The van der Waals surface area contributed by atoms with E-state index in [4.69, 9.17) is 9.47 Å². The highest BCUT2D eigenvalue weighted by Gasteiger charge is 2.28. The number of nitrogens with zero attached hydrogens (tertiary/aromatic N) is 5. The Morgan fingerprint density at radius 2 is 1.84 bits per heavy atom. The number of carbonyl (C=O) groups is 2. The van der Waals surface area contributed by atoms with E-state index < -0.39 is 29.3 Å². The van der Waals surface area contributed by atoms with Gasteiger partial charge >= 0.3 is 5.97 Å². The second kappa shape index (κ2) is 14.4. The number of thiazole rings is 1. The Kier molecular flexibility index (Phi) is 10.3. The molecule has 14 heteroatoms. The van der Waals surface area contributed by atoms with Crippen molar-refractivity contribution in [3.63, 3.8) is 0 Å². The number of rotatable bonds is 11. The Hall–Kier alpha value is -3.75. The van der Waals surface area contributed by atoms with E-state index in [9.17, 15) is 23.5 Å². The van der Waals surface area contributed by atoms with Crippen molar-refractivity contribution in [2.45, 2.75) is 51.6 Å². The van der Waals surface area contributed by atoms with Crippen LogP contribution in [0.3, 0.4) is 0 Å². The average Bonchev–Trinajstić information content (AvgIpc) is 3.42. The van der Waals surface area contributed by atoms with Gasteiger partial charge in [-0.2, -0.15) is 0 Å². The second-order valence-corrected chi connectivity index (χ2v) is 11.9. The molecule has 0 spiro atoms. The van der Waals surface area contributed by atoms with Crippen LogP contribution in [0.4, 0.5) is 19.7 Å². The minimum atomic E-state index is -0.846. The van der Waals surface area contributed by atoms with E-state index >= 15 is 0 Å². The Labute approximate surface area is 258 Å². The van der Waals surface area contributed by atoms with Crippen molar-refractivity contribution in [1.82, 2.24) is 19.9 Å². The van der Waals surface area contributed by atoms with Crippen LogP contribution in [-0.2, 0) is 16.1 Å². The van der Waals surface area contributed by atoms with Crippen LogP contribution in [0.25, 0.3) is 11.3 Å². The first kappa shape index (κ1) is 31.7. The third kappa shape index (κ3) is 7.30. The molecule has 44 heavy (non-hydrogen) atoms. The van der Waals surface area contributed by atoms with Gasteiger partial charge in [0.15, 0.2) is 22.5 Å². The molecule has 3 aromatic rings. The molecule has 0 saturated carbocycles. The number of carboxylic acid groups (broad SMARTS) is 1. The van der Waals surface area contributed by atoms with Gasteiger partial charge in [-0.15, -0.1) is 0 Å². The van der Waals surface area contributed by atoms with Gasteiger partial charge in [0.1, 0.15) is 11.5 Å². The second-order valence-electron chi connectivity index (χ2n) is 10.9. The van der Waals surface area contributed by atoms with Crippen LogP contribution in [0.2, 0.25) is 0 Å². The minimum absolute atomic E-state index is 0.0711. The molecule has 2 aromatic heterocycles. The fraction of sp³-hybridized carbons (Fsp3) is 0.500. The topological polar surface area (TPSA) is 130 Å². The van der Waals surface area contributed by atoms with Crippen LogP contribution in [0.5, 0.6) is 5.75 Å². The lowest BCUT2D eigenvalue weighted by Crippen LogP contribution is -2.41. The number of nitrogens with one attached hydrogen (secondary N) is 1. The van der Waals surface area contributed by atoms with Crippen LogP contribution in [0, 0.1) is 17.6 Å². The number of benzene rings is 1. The van der Waals surface area contributed by atoms with Crippen molar-refractivity contribution in [2.24, 2.45) is 5.92 Å². The summed E-state index contributed by atoms with van der Waals surface area (Å²) in [6, 6.07) is 2.57. The van der Waals surface area contributed by atoms with Crippen LogP contribution < -0.4 is 15.0 Å². The number of carbonyl (C=O) groups excluding carboxylic acids is 1. The fourth-order valence-corrected chi connectivity index (χ4v) is 6.65. The van der Waals surface area contributed by atoms with Crippen molar-refractivity contribution in [3.05, 3.63) is 46.7 Å². The number of hydrogen-bond donors (Lipinski definition) is 2. The van der Waals surface area contributed by atoms with Gasteiger partial charge in [0.25, 0.3) is 5.91 Å². The number of hydrogen-bond acceptors (Lipinski definition) is 10. The molecule has 11 nitrogen and oxygen atoms in total. The first-order valence-electron chi connectivity index (χ1n) is 14.7. The van der Waals surface area contributed by atoms with Crippen molar-refractivity contribution >= 4 is 34.2 Å². The smallest absolute Gasteiger partial charge is 0.306 e. The van der Waals surface area contributed by atoms with E-state index in [1.54, 1.807) is 0 Å². The van der Waals surface area contributed by atoms with Crippen molar-refractivity contribution in [1.29, 1.82) is 0 Å². The Balaban J connectivity index is 1.36. The molecule has 4 heterocycles. The number of halogens is 2.